The summed E-state index contributed by atoms with van der Waals surface area (Å²) in [5.74, 6) is -0.189. The highest BCUT2D eigenvalue weighted by Gasteiger charge is 2.46. The third-order valence-corrected chi connectivity index (χ3v) is 9.26. The number of alkyl carbamates (subject to hydrolysis) is 1. The topological polar surface area (TPSA) is 145 Å². The number of halogens is 1. The molecule has 2 saturated heterocycles. The normalized spacial score (nSPS) is 28.2. The molecular weight excluding hydrogens is 583 g/mol. The number of piperidine rings is 1. The monoisotopic (exact) mass is 630 g/mol. The first kappa shape index (κ1) is 33.1. The number of likely N-dealkylation sites (tertiary alicyclic amines) is 2. The van der Waals surface area contributed by atoms with Crippen molar-refractivity contribution in [3.8, 4) is 0 Å². The molecule has 1 aromatic rings. The first-order valence-electron chi connectivity index (χ1n) is 16.2. The van der Waals surface area contributed by atoms with E-state index in [4.69, 9.17) is 9.57 Å². The Morgan fingerprint density at radius 3 is 2.36 bits per heavy atom. The van der Waals surface area contributed by atoms with Crippen LogP contribution >= 0.6 is 0 Å². The molecule has 1 saturated carbocycles. The van der Waals surface area contributed by atoms with Crippen molar-refractivity contribution in [3.63, 3.8) is 0 Å². The van der Waals surface area contributed by atoms with E-state index in [1.54, 1.807) is 49.9 Å². The van der Waals surface area contributed by atoms with E-state index in [1.165, 1.54) is 6.42 Å². The van der Waals surface area contributed by atoms with Crippen molar-refractivity contribution in [2.75, 3.05) is 31.6 Å². The maximum atomic E-state index is 14.0. The Kier molecular flexibility index (Phi) is 10.6. The van der Waals surface area contributed by atoms with Crippen molar-refractivity contribution in [2.45, 2.75) is 102 Å². The third kappa shape index (κ3) is 8.30. The van der Waals surface area contributed by atoms with Gasteiger partial charge in [-0.15, -0.1) is 0 Å². The van der Waals surface area contributed by atoms with Gasteiger partial charge in [0.25, 0.3) is 6.41 Å². The standard InChI is InChI=1S/C32H47FN6O6/c1-32(2,3)44-30(42)35-24(19-33)20-7-9-22(10-8-20)29(41)39-18-15-25(38-16-5-4-6-17-38)26(39)28(40)34-23-13-11-21(12-14-23)27-36-31(43)45-37-27/h11-14,20,22,24-26,31,43H,4-10,15-19H2,1-3H3,(H,34,40)(H,35,42)(H,36,37)/t20?,22?,24-,25?,26?,31?/m1/s1. The number of nitrogens with zero attached hydrogens (tertiary/aromatic N) is 3. The number of carbonyl (C=O) groups is 3. The van der Waals surface area contributed by atoms with Crippen molar-refractivity contribution in [3.05, 3.63) is 29.8 Å². The molecule has 4 atom stereocenters. The molecule has 45 heavy (non-hydrogen) atoms. The number of hydrogen-bond donors (Lipinski definition) is 4. The van der Waals surface area contributed by atoms with Crippen LogP contribution in [-0.2, 0) is 19.2 Å². The van der Waals surface area contributed by atoms with Crippen molar-refractivity contribution >= 4 is 29.4 Å². The van der Waals surface area contributed by atoms with Crippen LogP contribution in [0.4, 0.5) is 14.9 Å². The minimum absolute atomic E-state index is 0.0239. The van der Waals surface area contributed by atoms with Gasteiger partial charge < -0.3 is 25.4 Å². The highest BCUT2D eigenvalue weighted by Crippen LogP contribution is 2.35. The lowest BCUT2D eigenvalue weighted by molar-refractivity contribution is -0.142. The Labute approximate surface area is 264 Å². The van der Waals surface area contributed by atoms with Crippen LogP contribution in [0, 0.1) is 11.8 Å². The second kappa shape index (κ2) is 14.4. The van der Waals surface area contributed by atoms with Crippen LogP contribution in [0.1, 0.15) is 77.7 Å². The maximum absolute atomic E-state index is 14.0. The summed E-state index contributed by atoms with van der Waals surface area (Å²) in [5, 5.41) is 15.2. The molecule has 5 rings (SSSR count). The zero-order chi connectivity index (χ0) is 32.1. The average molecular weight is 631 g/mol. The van der Waals surface area contributed by atoms with E-state index in [-0.39, 0.29) is 29.7 Å². The Hall–Kier alpha value is -3.29. The molecule has 248 valence electrons. The number of carbonyl (C=O) groups excluding carboxylic acids is 3. The number of rotatable bonds is 8. The van der Waals surface area contributed by atoms with E-state index in [9.17, 15) is 23.9 Å². The average Bonchev–Trinajstić information content (AvgIpc) is 3.66. The van der Waals surface area contributed by atoms with Gasteiger partial charge >= 0.3 is 6.09 Å². The van der Waals surface area contributed by atoms with Gasteiger partial charge in [0.15, 0.2) is 5.84 Å². The number of amidine groups is 1. The van der Waals surface area contributed by atoms with Crippen LogP contribution in [0.3, 0.4) is 0 Å². The van der Waals surface area contributed by atoms with E-state index < -0.39 is 36.9 Å². The molecule has 3 heterocycles. The van der Waals surface area contributed by atoms with E-state index in [0.717, 1.165) is 32.4 Å². The summed E-state index contributed by atoms with van der Waals surface area (Å²) in [5.41, 5.74) is 3.18. The number of ether oxygens (including phenoxy) is 1. The van der Waals surface area contributed by atoms with Gasteiger partial charge in [-0.2, -0.15) is 0 Å². The molecule has 0 spiro atoms. The summed E-state index contributed by atoms with van der Waals surface area (Å²) in [6.07, 6.45) is 4.53. The quantitative estimate of drug-likeness (QED) is 0.343. The minimum Gasteiger partial charge on any atom is -0.444 e. The second-order valence-corrected chi connectivity index (χ2v) is 13.5. The van der Waals surface area contributed by atoms with Gasteiger partial charge in [-0.05, 0) is 109 Å². The molecule has 3 fully saturated rings. The number of anilines is 1. The van der Waals surface area contributed by atoms with Gasteiger partial charge in [0.2, 0.25) is 11.8 Å². The lowest BCUT2D eigenvalue weighted by Crippen LogP contribution is -2.55. The van der Waals surface area contributed by atoms with Gasteiger partial charge in [-0.3, -0.25) is 14.5 Å². The van der Waals surface area contributed by atoms with Crippen molar-refractivity contribution in [1.29, 1.82) is 0 Å². The van der Waals surface area contributed by atoms with Gasteiger partial charge in [0.1, 0.15) is 18.3 Å². The molecule has 0 bridgehead atoms. The lowest BCUT2D eigenvalue weighted by atomic mass is 9.78. The van der Waals surface area contributed by atoms with Crippen LogP contribution in [0.15, 0.2) is 29.3 Å². The van der Waals surface area contributed by atoms with Crippen molar-refractivity contribution < 1.29 is 33.5 Å². The molecule has 1 aliphatic carbocycles. The first-order valence-corrected chi connectivity index (χ1v) is 16.2. The van der Waals surface area contributed by atoms with Crippen LogP contribution in [0.5, 0.6) is 0 Å². The van der Waals surface area contributed by atoms with Gasteiger partial charge in [0, 0.05) is 29.8 Å². The number of aliphatic hydroxyl groups is 1. The van der Waals surface area contributed by atoms with Gasteiger partial charge in [-0.25, -0.2) is 24.5 Å². The Morgan fingerprint density at radius 2 is 1.76 bits per heavy atom. The van der Waals surface area contributed by atoms with E-state index in [2.05, 4.69) is 26.0 Å². The van der Waals surface area contributed by atoms with Gasteiger partial charge in [0.05, 0.1) is 6.04 Å². The molecule has 3 unspecified atom stereocenters. The van der Waals surface area contributed by atoms with Gasteiger partial charge in [-0.1, -0.05) is 6.42 Å². The third-order valence-electron chi connectivity index (χ3n) is 9.26. The predicted octanol–water partition coefficient (Wildman–Crippen LogP) is 3.31. The van der Waals surface area contributed by atoms with Crippen LogP contribution in [-0.4, -0.2) is 95.1 Å². The number of amides is 3. The molecule has 0 aromatic heterocycles. The highest BCUT2D eigenvalue weighted by molar-refractivity contribution is 6.01. The molecular formula is C32H47FN6O6. The molecule has 4 N–H and O–H groups in total. The lowest BCUT2D eigenvalue weighted by Gasteiger charge is -2.38. The molecule has 3 amide bonds. The molecule has 4 aliphatic rings. The largest absolute Gasteiger partial charge is 0.444 e. The van der Waals surface area contributed by atoms with Crippen LogP contribution in [0.2, 0.25) is 0 Å². The molecule has 1 aromatic carbocycles. The zero-order valence-electron chi connectivity index (χ0n) is 26.5. The summed E-state index contributed by atoms with van der Waals surface area (Å²) in [6.45, 7) is 6.92. The van der Waals surface area contributed by atoms with Crippen LogP contribution in [0.25, 0.3) is 0 Å². The smallest absolute Gasteiger partial charge is 0.407 e. The van der Waals surface area contributed by atoms with Crippen molar-refractivity contribution in [2.24, 2.45) is 16.8 Å². The second-order valence-electron chi connectivity index (χ2n) is 13.5. The Morgan fingerprint density at radius 1 is 1.07 bits per heavy atom. The Balaban J connectivity index is 1.24. The maximum Gasteiger partial charge on any atom is 0.407 e. The fourth-order valence-electron chi connectivity index (χ4n) is 7.05. The fraction of sp³-hybridized carbons (Fsp3) is 0.688. The predicted molar refractivity (Wildman–Crippen MR) is 166 cm³/mol. The molecule has 13 heteroatoms. The first-order chi connectivity index (χ1) is 21.5. The minimum atomic E-state index is -1.26. The molecule has 3 aliphatic heterocycles. The fourth-order valence-corrected chi connectivity index (χ4v) is 7.05. The zero-order valence-corrected chi connectivity index (χ0v) is 26.5. The molecule has 0 radical (unpaired) electrons. The van der Waals surface area contributed by atoms with Crippen molar-refractivity contribution in [1.82, 2.24) is 20.6 Å². The SMILES string of the molecule is CC(C)(C)OC(=O)N[C@H](CF)C1CCC(C(=O)N2CCC(N3CCCCC3)C2C(=O)Nc2ccc(C3=NC(O)ON3)cc2)CC1. The Bertz CT molecular complexity index is 1230. The number of benzene rings is 1. The summed E-state index contributed by atoms with van der Waals surface area (Å²) in [4.78, 5) is 53.1. The number of aliphatic hydroxyl groups excluding tert-OH is 1. The summed E-state index contributed by atoms with van der Waals surface area (Å²) < 4.78 is 19.3. The summed E-state index contributed by atoms with van der Waals surface area (Å²) >= 11 is 0. The summed E-state index contributed by atoms with van der Waals surface area (Å²) in [6, 6.07) is 5.71. The number of aliphatic imine (C=N–C) groups is 1. The van der Waals surface area contributed by atoms with E-state index >= 15 is 0 Å². The number of hydrogen-bond acceptors (Lipinski definition) is 9. The number of alkyl halides is 1. The number of hydroxylamine groups is 1. The molecule has 12 nitrogen and oxygen atoms in total. The van der Waals surface area contributed by atoms with E-state index in [0.29, 0.717) is 49.3 Å². The summed E-state index contributed by atoms with van der Waals surface area (Å²) in [7, 11) is 0. The van der Waals surface area contributed by atoms with Crippen LogP contribution < -0.4 is 16.1 Å². The highest BCUT2D eigenvalue weighted by atomic mass is 19.1. The number of nitrogens with one attached hydrogen (secondary N) is 3. The van der Waals surface area contributed by atoms with E-state index in [1.807, 2.05) is 0 Å².